The van der Waals surface area contributed by atoms with Crippen molar-refractivity contribution in [2.75, 3.05) is 4.90 Å². The summed E-state index contributed by atoms with van der Waals surface area (Å²) in [5, 5.41) is 2.09. The summed E-state index contributed by atoms with van der Waals surface area (Å²) in [6, 6.07) is 81.1. The van der Waals surface area contributed by atoms with Crippen molar-refractivity contribution in [2.24, 2.45) is 0 Å². The molecule has 2 unspecified atom stereocenters. The van der Waals surface area contributed by atoms with E-state index >= 15 is 0 Å². The molecular formula is C70H59N. The van der Waals surface area contributed by atoms with Gasteiger partial charge in [-0.3, -0.25) is 0 Å². The van der Waals surface area contributed by atoms with Gasteiger partial charge < -0.3 is 4.90 Å². The van der Waals surface area contributed by atoms with E-state index in [1.807, 2.05) is 6.07 Å². The third kappa shape index (κ3) is 7.65. The molecule has 0 saturated heterocycles. The molecule has 2 atom stereocenters. The summed E-state index contributed by atoms with van der Waals surface area (Å²) >= 11 is 0. The third-order valence-corrected chi connectivity index (χ3v) is 15.0. The second kappa shape index (κ2) is 19.3. The van der Waals surface area contributed by atoms with Gasteiger partial charge in [-0.2, -0.15) is 0 Å². The van der Waals surface area contributed by atoms with E-state index in [1.54, 1.807) is 0 Å². The van der Waals surface area contributed by atoms with Gasteiger partial charge in [0.2, 0.25) is 0 Å². The van der Waals surface area contributed by atoms with Gasteiger partial charge in [0.25, 0.3) is 0 Å². The van der Waals surface area contributed by atoms with Crippen LogP contribution in [0.3, 0.4) is 0 Å². The zero-order valence-corrected chi connectivity index (χ0v) is 41.2. The summed E-state index contributed by atoms with van der Waals surface area (Å²) in [7, 11) is 0. The van der Waals surface area contributed by atoms with Gasteiger partial charge in [-0.25, -0.2) is 0 Å². The lowest BCUT2D eigenvalue weighted by Gasteiger charge is -2.45. The molecule has 1 spiro atoms. The molecular weight excluding hydrogens is 855 g/mol. The Morgan fingerprint density at radius 2 is 1.08 bits per heavy atom. The molecule has 0 bridgehead atoms. The predicted octanol–water partition coefficient (Wildman–Crippen LogP) is 16.9. The molecule has 344 valence electrons. The maximum Gasteiger partial charge on any atom is 0.0716 e. The van der Waals surface area contributed by atoms with Crippen molar-refractivity contribution in [3.63, 3.8) is 0 Å². The highest BCUT2D eigenvalue weighted by Gasteiger charge is 2.52. The minimum atomic E-state index is -0.501. The molecule has 0 saturated carbocycles. The molecule has 2 aliphatic carbocycles. The van der Waals surface area contributed by atoms with Crippen molar-refractivity contribution in [1.82, 2.24) is 0 Å². The second-order valence-electron chi connectivity index (χ2n) is 18.9. The number of anilines is 2. The number of hydrogen-bond donors (Lipinski definition) is 0. The van der Waals surface area contributed by atoms with E-state index in [9.17, 15) is 0 Å². The Balaban J connectivity index is 1.10. The van der Waals surface area contributed by atoms with Crippen LogP contribution in [0.25, 0.3) is 51.2 Å². The lowest BCUT2D eigenvalue weighted by Crippen LogP contribution is -2.37. The third-order valence-electron chi connectivity index (χ3n) is 15.0. The van der Waals surface area contributed by atoms with Crippen molar-refractivity contribution < 1.29 is 0 Å². The number of aryl methyl sites for hydroxylation is 1. The Morgan fingerprint density at radius 3 is 1.79 bits per heavy atom. The highest BCUT2D eigenvalue weighted by atomic mass is 15.1. The number of allylic oxidation sites excluding steroid dienone is 5. The van der Waals surface area contributed by atoms with Gasteiger partial charge in [0.1, 0.15) is 0 Å². The van der Waals surface area contributed by atoms with E-state index in [2.05, 4.69) is 276 Å². The van der Waals surface area contributed by atoms with Gasteiger partial charge in [-0.1, -0.05) is 233 Å². The largest absolute Gasteiger partial charge is 0.310 e. The van der Waals surface area contributed by atoms with Crippen LogP contribution < -0.4 is 15.3 Å². The number of nitrogens with zero attached hydrogens (tertiary/aromatic N) is 1. The topological polar surface area (TPSA) is 3.24 Å². The van der Waals surface area contributed by atoms with Crippen molar-refractivity contribution in [3.8, 4) is 33.4 Å². The first-order valence-electron chi connectivity index (χ1n) is 25.3. The van der Waals surface area contributed by atoms with Gasteiger partial charge in [0.05, 0.1) is 11.1 Å². The first-order chi connectivity index (χ1) is 35.0. The first-order valence-corrected chi connectivity index (χ1v) is 25.3. The molecule has 71 heavy (non-hydrogen) atoms. The molecule has 11 rings (SSSR count). The molecule has 0 heterocycles. The summed E-state index contributed by atoms with van der Waals surface area (Å²) < 4.78 is 0. The number of hydrogen-bond acceptors (Lipinski definition) is 1. The van der Waals surface area contributed by atoms with E-state index in [1.165, 1.54) is 89.0 Å². The molecule has 0 amide bonds. The fourth-order valence-corrected chi connectivity index (χ4v) is 11.9. The smallest absolute Gasteiger partial charge is 0.0716 e. The molecule has 2 aliphatic rings. The van der Waals surface area contributed by atoms with Crippen LogP contribution in [0.2, 0.25) is 0 Å². The molecule has 1 nitrogen and oxygen atoms in total. The SMILES string of the molecule is C=c1cccc/c1=C(/C=CC)N(c1ccccc1)c1ccc(-c2ccc(-c3cccc4c3C(c3ccccc3-c3ccccc3C)c3ccccc3C43C(/C=C\CC)=C(CC)c4ccccc43)cc2)cc1. The number of fused-ring (bicyclic) bond motifs is 6. The van der Waals surface area contributed by atoms with E-state index in [4.69, 9.17) is 0 Å². The van der Waals surface area contributed by atoms with Crippen LogP contribution in [-0.2, 0) is 5.41 Å². The van der Waals surface area contributed by atoms with Crippen LogP contribution in [0, 0.1) is 6.92 Å². The molecule has 9 aromatic rings. The Kier molecular flexibility index (Phi) is 12.3. The molecule has 9 aromatic carbocycles. The Hall–Kier alpha value is -8.26. The van der Waals surface area contributed by atoms with Crippen molar-refractivity contribution in [2.45, 2.75) is 51.9 Å². The minimum absolute atomic E-state index is 0.0347. The van der Waals surface area contributed by atoms with Crippen LogP contribution in [0.4, 0.5) is 11.4 Å². The van der Waals surface area contributed by atoms with Crippen LogP contribution in [0.5, 0.6) is 0 Å². The average molecular weight is 914 g/mol. The molecule has 0 fully saturated rings. The van der Waals surface area contributed by atoms with Gasteiger partial charge in [0, 0.05) is 22.5 Å². The monoisotopic (exact) mass is 913 g/mol. The number of benzene rings is 9. The Morgan fingerprint density at radius 1 is 0.521 bits per heavy atom. The molecule has 1 heteroatoms. The molecule has 0 radical (unpaired) electrons. The highest BCUT2D eigenvalue weighted by molar-refractivity contribution is 5.92. The fourth-order valence-electron chi connectivity index (χ4n) is 11.9. The van der Waals surface area contributed by atoms with Gasteiger partial charge >= 0.3 is 0 Å². The summed E-state index contributed by atoms with van der Waals surface area (Å²) in [6.45, 7) is 13.3. The van der Waals surface area contributed by atoms with Crippen molar-refractivity contribution in [1.29, 1.82) is 0 Å². The van der Waals surface area contributed by atoms with E-state index in [-0.39, 0.29) is 5.92 Å². The quantitative estimate of drug-likeness (QED) is 0.125. The normalized spacial score (nSPS) is 16.3. The average Bonchev–Trinajstić information content (AvgIpc) is 3.71. The standard InChI is InChI=1S/C70H59N/c1-6-9-36-63-55(8-3)60-32-19-21-37-64(60)70(63)65-38-22-20-34-62(65)68(61-33-18-17-31-59(61)56-29-15-13-25-48(56)4)69-58(35-23-39-66(69)70)52-42-40-50(41-43-52)51-44-46-54(47-45-51)71(53-27-11-10-12-28-53)67(24-7-2)57-30-16-14-26-49(57)5/h7,9-47,68H,5-6,8H2,1-4H3/b24-7?,36-9-,67-57+. The van der Waals surface area contributed by atoms with Gasteiger partial charge in [0.15, 0.2) is 0 Å². The lowest BCUT2D eigenvalue weighted by atomic mass is 9.56. The fraction of sp³-hybridized carbons (Fsp3) is 0.114. The lowest BCUT2D eigenvalue weighted by molar-refractivity contribution is 0.692. The Labute approximate surface area is 420 Å². The second-order valence-corrected chi connectivity index (χ2v) is 18.9. The summed E-state index contributed by atoms with van der Waals surface area (Å²) in [5.41, 5.74) is 23.7. The van der Waals surface area contributed by atoms with Crippen molar-refractivity contribution >= 4 is 29.2 Å². The van der Waals surface area contributed by atoms with Crippen LogP contribution >= 0.6 is 0 Å². The van der Waals surface area contributed by atoms with Crippen LogP contribution in [0.1, 0.15) is 84.0 Å². The van der Waals surface area contributed by atoms with E-state index in [0.29, 0.717) is 0 Å². The predicted molar refractivity (Wildman–Crippen MR) is 302 cm³/mol. The van der Waals surface area contributed by atoms with Gasteiger partial charge in [-0.05, 0) is 151 Å². The molecule has 0 aliphatic heterocycles. The molecule has 0 aromatic heterocycles. The zero-order chi connectivity index (χ0) is 48.5. The van der Waals surface area contributed by atoms with Crippen molar-refractivity contribution in [3.05, 3.63) is 303 Å². The Bertz CT molecular complexity index is 3640. The minimum Gasteiger partial charge on any atom is -0.310 e. The van der Waals surface area contributed by atoms with Crippen LogP contribution in [0.15, 0.2) is 248 Å². The highest BCUT2D eigenvalue weighted by Crippen LogP contribution is 2.63. The number of para-hydroxylation sites is 1. The van der Waals surface area contributed by atoms with E-state index < -0.39 is 5.41 Å². The maximum absolute atomic E-state index is 4.41. The molecule has 0 N–H and O–H groups in total. The van der Waals surface area contributed by atoms with Gasteiger partial charge in [-0.15, -0.1) is 0 Å². The maximum atomic E-state index is 4.41. The first kappa shape index (κ1) is 45.2. The summed E-state index contributed by atoms with van der Waals surface area (Å²) in [5.74, 6) is -0.0347. The van der Waals surface area contributed by atoms with E-state index in [0.717, 1.165) is 40.4 Å². The summed E-state index contributed by atoms with van der Waals surface area (Å²) in [4.78, 5) is 2.33. The summed E-state index contributed by atoms with van der Waals surface area (Å²) in [6.07, 6.45) is 11.0. The van der Waals surface area contributed by atoms with Crippen LogP contribution in [-0.4, -0.2) is 0 Å². The number of rotatable bonds is 11. The zero-order valence-electron chi connectivity index (χ0n) is 41.2.